The first-order chi connectivity index (χ1) is 13.1. The van der Waals surface area contributed by atoms with Gasteiger partial charge in [0.1, 0.15) is 5.54 Å². The van der Waals surface area contributed by atoms with Gasteiger partial charge in [0.2, 0.25) is 0 Å². The van der Waals surface area contributed by atoms with Crippen molar-refractivity contribution in [2.75, 3.05) is 13.7 Å². The van der Waals surface area contributed by atoms with Crippen LogP contribution in [-0.2, 0) is 9.53 Å². The Bertz CT molecular complexity index is 666. The highest BCUT2D eigenvalue weighted by Crippen LogP contribution is 2.52. The van der Waals surface area contributed by atoms with E-state index in [-0.39, 0.29) is 17.9 Å². The lowest BCUT2D eigenvalue weighted by Gasteiger charge is -2.46. The molecule has 0 spiro atoms. The summed E-state index contributed by atoms with van der Waals surface area (Å²) in [6, 6.07) is 2.86. The van der Waals surface area contributed by atoms with Crippen LogP contribution in [-0.4, -0.2) is 36.1 Å². The number of carbonyl (C=O) groups excluding carboxylic acids is 1. The Labute approximate surface area is 163 Å². The summed E-state index contributed by atoms with van der Waals surface area (Å²) in [6.07, 6.45) is 15.5. The number of piperidine rings is 1. The van der Waals surface area contributed by atoms with Crippen LogP contribution in [0.15, 0.2) is 24.8 Å². The van der Waals surface area contributed by atoms with Crippen molar-refractivity contribution in [3.8, 4) is 6.07 Å². The van der Waals surface area contributed by atoms with Crippen molar-refractivity contribution in [1.29, 1.82) is 5.26 Å². The lowest BCUT2D eigenvalue weighted by Crippen LogP contribution is -2.52. The van der Waals surface area contributed by atoms with E-state index < -0.39 is 5.54 Å². The number of carbonyl (C=O) groups is 1. The molecule has 0 aromatic carbocycles. The number of fused-ring (bicyclic) bond motifs is 2. The van der Waals surface area contributed by atoms with E-state index in [1.807, 2.05) is 13.1 Å². The van der Waals surface area contributed by atoms with Crippen molar-refractivity contribution in [3.63, 3.8) is 0 Å². The van der Waals surface area contributed by atoms with Crippen LogP contribution in [0.3, 0.4) is 0 Å². The predicted octanol–water partition coefficient (Wildman–Crippen LogP) is 4.09. The van der Waals surface area contributed by atoms with E-state index in [1.165, 1.54) is 25.7 Å². The Hall–Kier alpha value is -1.60. The molecule has 0 aromatic rings. The summed E-state index contributed by atoms with van der Waals surface area (Å²) in [5.74, 6) is 2.03. The first-order valence-electron chi connectivity index (χ1n) is 10.7. The Balaban J connectivity index is 1.62. The molecule has 0 aromatic heterocycles. The van der Waals surface area contributed by atoms with Gasteiger partial charge < -0.3 is 4.74 Å². The normalized spacial score (nSPS) is 45.0. The minimum atomic E-state index is -0.558. The molecule has 0 amide bonds. The predicted molar refractivity (Wildman–Crippen MR) is 105 cm³/mol. The van der Waals surface area contributed by atoms with Crippen LogP contribution in [0.25, 0.3) is 0 Å². The Morgan fingerprint density at radius 1 is 1.26 bits per heavy atom. The van der Waals surface area contributed by atoms with E-state index in [4.69, 9.17) is 4.74 Å². The zero-order valence-electron chi connectivity index (χ0n) is 16.5. The summed E-state index contributed by atoms with van der Waals surface area (Å²) < 4.78 is 5.47. The Kier molecular flexibility index (Phi) is 5.16. The molecule has 4 aliphatic rings. The molecule has 146 valence electrons. The van der Waals surface area contributed by atoms with Gasteiger partial charge >= 0.3 is 5.97 Å². The molecule has 2 heterocycles. The maximum absolute atomic E-state index is 12.3. The van der Waals surface area contributed by atoms with Crippen molar-refractivity contribution < 1.29 is 9.53 Å². The fraction of sp³-hybridized carbons (Fsp3) is 0.739. The second-order valence-corrected chi connectivity index (χ2v) is 9.12. The van der Waals surface area contributed by atoms with E-state index in [1.54, 1.807) is 0 Å². The highest BCUT2D eigenvalue weighted by molar-refractivity contribution is 5.75. The summed E-state index contributed by atoms with van der Waals surface area (Å²) in [5.41, 5.74) is -0.558. The maximum atomic E-state index is 12.3. The number of likely N-dealkylation sites (N-methyl/N-ethyl adjacent to an activating group) is 1. The maximum Gasteiger partial charge on any atom is 0.309 e. The number of hydrogen-bond acceptors (Lipinski definition) is 4. The van der Waals surface area contributed by atoms with E-state index in [0.29, 0.717) is 30.3 Å². The van der Waals surface area contributed by atoms with Crippen LogP contribution < -0.4 is 0 Å². The molecule has 4 heteroatoms. The van der Waals surface area contributed by atoms with Crippen molar-refractivity contribution in [1.82, 2.24) is 4.90 Å². The van der Waals surface area contributed by atoms with Crippen molar-refractivity contribution in [3.05, 3.63) is 24.8 Å². The van der Waals surface area contributed by atoms with Crippen LogP contribution in [0.4, 0.5) is 0 Å². The van der Waals surface area contributed by atoms with Crippen molar-refractivity contribution in [2.45, 2.75) is 62.9 Å². The number of cyclic esters (lactones) is 1. The van der Waals surface area contributed by atoms with Crippen LogP contribution in [0.2, 0.25) is 0 Å². The lowest BCUT2D eigenvalue weighted by molar-refractivity contribution is -0.142. The van der Waals surface area contributed by atoms with Crippen molar-refractivity contribution in [2.24, 2.45) is 29.6 Å². The molecule has 7 atom stereocenters. The minimum absolute atomic E-state index is 0.0129. The largest absolute Gasteiger partial charge is 0.465 e. The first kappa shape index (κ1) is 18.7. The molecule has 7 unspecified atom stereocenters. The molecule has 4 fully saturated rings. The zero-order chi connectivity index (χ0) is 19.0. The average molecular weight is 369 g/mol. The third-order valence-corrected chi connectivity index (χ3v) is 8.00. The SMILES string of the molecule is C=CC1CCCC(C#N)(C=CC2C3CCCCC3CC3C(=O)OCC32)N1C. The average Bonchev–Trinajstić information content (AvgIpc) is 3.07. The zero-order valence-corrected chi connectivity index (χ0v) is 16.5. The van der Waals surface area contributed by atoms with Crippen LogP contribution in [0.1, 0.15) is 51.4 Å². The molecule has 2 aliphatic carbocycles. The van der Waals surface area contributed by atoms with Gasteiger partial charge in [0.05, 0.1) is 18.6 Å². The summed E-state index contributed by atoms with van der Waals surface area (Å²) in [7, 11) is 2.05. The summed E-state index contributed by atoms with van der Waals surface area (Å²) in [4.78, 5) is 14.5. The lowest BCUT2D eigenvalue weighted by atomic mass is 9.58. The van der Waals surface area contributed by atoms with Crippen LogP contribution >= 0.6 is 0 Å². The molecule has 4 rings (SSSR count). The second kappa shape index (κ2) is 7.43. The molecule has 2 aliphatic heterocycles. The quantitative estimate of drug-likeness (QED) is 0.556. The molecule has 27 heavy (non-hydrogen) atoms. The monoisotopic (exact) mass is 368 g/mol. The van der Waals surface area contributed by atoms with Gasteiger partial charge in [0.25, 0.3) is 0 Å². The van der Waals surface area contributed by atoms with Gasteiger partial charge in [-0.25, -0.2) is 0 Å². The highest BCUT2D eigenvalue weighted by Gasteiger charge is 2.51. The van der Waals surface area contributed by atoms with Gasteiger partial charge in [0, 0.05) is 12.0 Å². The molecule has 0 radical (unpaired) electrons. The molecule has 0 bridgehead atoms. The molecular formula is C23H32N2O2. The molecular weight excluding hydrogens is 336 g/mol. The van der Waals surface area contributed by atoms with Crippen LogP contribution in [0, 0.1) is 40.9 Å². The Morgan fingerprint density at radius 2 is 2.07 bits per heavy atom. The van der Waals surface area contributed by atoms with Gasteiger partial charge in [0.15, 0.2) is 0 Å². The van der Waals surface area contributed by atoms with Crippen molar-refractivity contribution >= 4 is 5.97 Å². The minimum Gasteiger partial charge on any atom is -0.465 e. The van der Waals surface area contributed by atoms with E-state index in [2.05, 4.69) is 29.7 Å². The molecule has 2 saturated heterocycles. The number of hydrogen-bond donors (Lipinski definition) is 0. The Morgan fingerprint density at radius 3 is 2.85 bits per heavy atom. The highest BCUT2D eigenvalue weighted by atomic mass is 16.5. The van der Waals surface area contributed by atoms with Gasteiger partial charge in [-0.05, 0) is 56.9 Å². The van der Waals surface area contributed by atoms with E-state index in [0.717, 1.165) is 25.7 Å². The van der Waals surface area contributed by atoms with Crippen LogP contribution in [0.5, 0.6) is 0 Å². The van der Waals surface area contributed by atoms with E-state index >= 15 is 0 Å². The van der Waals surface area contributed by atoms with Gasteiger partial charge in [-0.1, -0.05) is 37.5 Å². The number of likely N-dealkylation sites (tertiary alicyclic amines) is 1. The standard InChI is InChI=1S/C23H32N2O2/c1-3-17-8-6-11-23(15-24,25(17)2)12-10-19-18-9-5-4-7-16(18)13-20-21(19)14-27-22(20)26/h3,10,12,16-21H,1,4-9,11,13-14H2,2H3. The number of esters is 1. The summed E-state index contributed by atoms with van der Waals surface area (Å²) >= 11 is 0. The number of ether oxygens (including phenoxy) is 1. The number of allylic oxidation sites excluding steroid dienone is 1. The third-order valence-electron chi connectivity index (χ3n) is 8.00. The summed E-state index contributed by atoms with van der Waals surface area (Å²) in [5, 5.41) is 10.1. The number of nitrogens with zero attached hydrogens (tertiary/aromatic N) is 2. The third kappa shape index (κ3) is 3.14. The number of nitriles is 1. The summed E-state index contributed by atoms with van der Waals surface area (Å²) in [6.45, 7) is 4.52. The van der Waals surface area contributed by atoms with E-state index in [9.17, 15) is 10.1 Å². The fourth-order valence-corrected chi connectivity index (χ4v) is 6.36. The fourth-order valence-electron chi connectivity index (χ4n) is 6.36. The molecule has 4 nitrogen and oxygen atoms in total. The van der Waals surface area contributed by atoms with Gasteiger partial charge in [-0.15, -0.1) is 6.58 Å². The smallest absolute Gasteiger partial charge is 0.309 e. The first-order valence-corrected chi connectivity index (χ1v) is 10.7. The van der Waals surface area contributed by atoms with Gasteiger partial charge in [-0.3, -0.25) is 9.69 Å². The second-order valence-electron chi connectivity index (χ2n) is 9.12. The topological polar surface area (TPSA) is 53.3 Å². The molecule has 0 N–H and O–H groups in total. The molecule has 2 saturated carbocycles. The number of rotatable bonds is 3. The van der Waals surface area contributed by atoms with Gasteiger partial charge in [-0.2, -0.15) is 5.26 Å².